The Morgan fingerprint density at radius 1 is 1.14 bits per heavy atom. The number of hydrogen-bond acceptors (Lipinski definition) is 5. The number of carbonyl (C=O) groups excluding carboxylic acids is 2. The molecule has 0 saturated carbocycles. The molecule has 2 heterocycles. The lowest BCUT2D eigenvalue weighted by Crippen LogP contribution is -2.29. The highest BCUT2D eigenvalue weighted by Gasteiger charge is 2.46. The van der Waals surface area contributed by atoms with Gasteiger partial charge in [-0.1, -0.05) is 32.0 Å². The topological polar surface area (TPSA) is 79.7 Å². The smallest absolute Gasteiger partial charge is 0.295 e. The summed E-state index contributed by atoms with van der Waals surface area (Å²) in [5, 5.41) is 11.3. The minimum Gasteiger partial charge on any atom is -0.507 e. The molecule has 1 saturated heterocycles. The number of amides is 1. The van der Waals surface area contributed by atoms with Gasteiger partial charge in [0.25, 0.3) is 11.7 Å². The van der Waals surface area contributed by atoms with E-state index in [1.54, 1.807) is 49.6 Å². The number of rotatable bonds is 7. The fourth-order valence-electron chi connectivity index (χ4n) is 4.12. The molecular weight excluding hydrogens is 447 g/mol. The predicted octanol–water partition coefficient (Wildman–Crippen LogP) is 5.19. The van der Waals surface area contributed by atoms with E-state index < -0.39 is 23.5 Å². The summed E-state index contributed by atoms with van der Waals surface area (Å²) < 4.78 is 19.4. The molecule has 35 heavy (non-hydrogen) atoms. The van der Waals surface area contributed by atoms with Crippen molar-refractivity contribution in [2.75, 3.05) is 6.61 Å². The second-order valence-electron chi connectivity index (χ2n) is 9.02. The van der Waals surface area contributed by atoms with Crippen LogP contribution in [0.4, 0.5) is 4.39 Å². The van der Waals surface area contributed by atoms with Crippen LogP contribution in [0.2, 0.25) is 0 Å². The van der Waals surface area contributed by atoms with Gasteiger partial charge in [-0.15, -0.1) is 0 Å². The van der Waals surface area contributed by atoms with Crippen molar-refractivity contribution in [2.24, 2.45) is 5.92 Å². The van der Waals surface area contributed by atoms with E-state index in [4.69, 9.17) is 4.74 Å². The average molecular weight is 475 g/mol. The summed E-state index contributed by atoms with van der Waals surface area (Å²) in [6.07, 6.45) is 3.23. The van der Waals surface area contributed by atoms with Crippen LogP contribution in [0.1, 0.15) is 42.1 Å². The third kappa shape index (κ3) is 5.09. The van der Waals surface area contributed by atoms with Crippen molar-refractivity contribution in [3.8, 4) is 5.75 Å². The maximum Gasteiger partial charge on any atom is 0.295 e. The van der Waals surface area contributed by atoms with Crippen molar-refractivity contribution < 1.29 is 23.8 Å². The first-order valence-corrected chi connectivity index (χ1v) is 11.4. The number of aliphatic hydroxyl groups is 1. The molecule has 1 fully saturated rings. The van der Waals surface area contributed by atoms with Gasteiger partial charge in [-0.3, -0.25) is 14.6 Å². The Kier molecular flexibility index (Phi) is 6.96. The van der Waals surface area contributed by atoms with Gasteiger partial charge in [0.1, 0.15) is 17.3 Å². The van der Waals surface area contributed by atoms with Crippen molar-refractivity contribution in [3.63, 3.8) is 0 Å². The molecule has 0 unspecified atom stereocenters. The summed E-state index contributed by atoms with van der Waals surface area (Å²) in [5.74, 6) is -1.24. The van der Waals surface area contributed by atoms with Crippen molar-refractivity contribution in [3.05, 3.63) is 101 Å². The minimum absolute atomic E-state index is 0.0375. The highest BCUT2D eigenvalue weighted by molar-refractivity contribution is 6.46. The number of ether oxygens (including phenoxy) is 1. The number of hydrogen-bond donors (Lipinski definition) is 1. The number of pyridine rings is 1. The largest absolute Gasteiger partial charge is 0.507 e. The highest BCUT2D eigenvalue weighted by Crippen LogP contribution is 2.41. The molecule has 1 atom stereocenters. The fourth-order valence-corrected chi connectivity index (χ4v) is 4.12. The lowest BCUT2D eigenvalue weighted by molar-refractivity contribution is -0.140. The first kappa shape index (κ1) is 24.1. The lowest BCUT2D eigenvalue weighted by Gasteiger charge is -2.25. The summed E-state index contributed by atoms with van der Waals surface area (Å²) in [4.78, 5) is 31.8. The van der Waals surface area contributed by atoms with Gasteiger partial charge < -0.3 is 14.7 Å². The molecule has 6 nitrogen and oxygen atoms in total. The van der Waals surface area contributed by atoms with Crippen LogP contribution >= 0.6 is 0 Å². The van der Waals surface area contributed by atoms with E-state index in [0.29, 0.717) is 35.0 Å². The summed E-state index contributed by atoms with van der Waals surface area (Å²) in [6, 6.07) is 13.4. The third-order valence-corrected chi connectivity index (χ3v) is 5.84. The SMILES string of the molecule is Cc1cc(OCC(C)C)ccc1C(O)=C1C(=O)C(=O)N(Cc2cccnc2)[C@@H]1c1ccc(F)cc1. The molecule has 0 bridgehead atoms. The number of Topliss-reactive ketones (excluding diaryl/α,β-unsaturated/α-hetero) is 1. The van der Waals surface area contributed by atoms with Gasteiger partial charge in [-0.2, -0.15) is 0 Å². The lowest BCUT2D eigenvalue weighted by atomic mass is 9.93. The van der Waals surface area contributed by atoms with Gasteiger partial charge in [-0.05, 0) is 65.9 Å². The van der Waals surface area contributed by atoms with Crippen LogP contribution in [-0.2, 0) is 16.1 Å². The predicted molar refractivity (Wildman–Crippen MR) is 130 cm³/mol. The number of aryl methyl sites for hydroxylation is 1. The first-order chi connectivity index (χ1) is 16.8. The van der Waals surface area contributed by atoms with Crippen molar-refractivity contribution in [1.82, 2.24) is 9.88 Å². The van der Waals surface area contributed by atoms with Crippen LogP contribution in [0.25, 0.3) is 5.76 Å². The maximum absolute atomic E-state index is 13.7. The average Bonchev–Trinajstić information content (AvgIpc) is 3.08. The third-order valence-electron chi connectivity index (χ3n) is 5.84. The Morgan fingerprint density at radius 3 is 2.51 bits per heavy atom. The molecule has 1 aliphatic heterocycles. The summed E-state index contributed by atoms with van der Waals surface area (Å²) in [5.41, 5.74) is 2.33. The maximum atomic E-state index is 13.7. The number of ketones is 1. The van der Waals surface area contributed by atoms with Crippen LogP contribution in [0, 0.1) is 18.7 Å². The Hall–Kier alpha value is -4.00. The highest BCUT2D eigenvalue weighted by atomic mass is 19.1. The molecule has 0 spiro atoms. The number of halogens is 1. The standard InChI is InChI=1S/C28H27FN2O4/c1-17(2)16-35-22-10-11-23(18(3)13-22)26(32)24-25(20-6-8-21(29)9-7-20)31(28(34)27(24)33)15-19-5-4-12-30-14-19/h4-14,17,25,32H,15-16H2,1-3H3/t25-/m1/s1. The molecule has 180 valence electrons. The molecule has 1 N–H and O–H groups in total. The zero-order valence-corrected chi connectivity index (χ0v) is 19.9. The van der Waals surface area contributed by atoms with Crippen molar-refractivity contribution in [2.45, 2.75) is 33.4 Å². The van der Waals surface area contributed by atoms with E-state index in [0.717, 1.165) is 5.56 Å². The molecule has 7 heteroatoms. The molecule has 0 aliphatic carbocycles. The zero-order chi connectivity index (χ0) is 25.1. The van der Waals surface area contributed by atoms with Gasteiger partial charge in [0, 0.05) is 24.5 Å². The number of aliphatic hydroxyl groups excluding tert-OH is 1. The van der Waals surface area contributed by atoms with Crippen molar-refractivity contribution in [1.29, 1.82) is 0 Å². The molecule has 1 aliphatic rings. The normalized spacial score (nSPS) is 17.3. The summed E-state index contributed by atoms with van der Waals surface area (Å²) in [7, 11) is 0. The Morgan fingerprint density at radius 2 is 1.89 bits per heavy atom. The number of benzene rings is 2. The Bertz CT molecular complexity index is 1270. The monoisotopic (exact) mass is 474 g/mol. The quantitative estimate of drug-likeness (QED) is 0.290. The van der Waals surface area contributed by atoms with Crippen LogP contribution < -0.4 is 4.74 Å². The molecule has 3 aromatic rings. The van der Waals surface area contributed by atoms with E-state index >= 15 is 0 Å². The fraction of sp³-hybridized carbons (Fsp3) is 0.250. The van der Waals surface area contributed by atoms with Crippen LogP contribution in [0.5, 0.6) is 5.75 Å². The van der Waals surface area contributed by atoms with E-state index in [9.17, 15) is 19.1 Å². The number of likely N-dealkylation sites (tertiary alicyclic amines) is 1. The number of nitrogens with zero attached hydrogens (tertiary/aromatic N) is 2. The summed E-state index contributed by atoms with van der Waals surface area (Å²) in [6.45, 7) is 6.56. The molecule has 1 amide bonds. The van der Waals surface area contributed by atoms with Crippen LogP contribution in [0.3, 0.4) is 0 Å². The van der Waals surface area contributed by atoms with E-state index in [2.05, 4.69) is 4.98 Å². The van der Waals surface area contributed by atoms with E-state index in [1.807, 2.05) is 13.8 Å². The molecule has 1 aromatic heterocycles. The molecular formula is C28H27FN2O4. The second-order valence-corrected chi connectivity index (χ2v) is 9.02. The zero-order valence-electron chi connectivity index (χ0n) is 19.9. The van der Waals surface area contributed by atoms with Gasteiger partial charge in [-0.25, -0.2) is 4.39 Å². The first-order valence-electron chi connectivity index (χ1n) is 11.4. The van der Waals surface area contributed by atoms with E-state index in [-0.39, 0.29) is 17.9 Å². The second kappa shape index (κ2) is 10.1. The van der Waals surface area contributed by atoms with Gasteiger partial charge in [0.05, 0.1) is 18.2 Å². The van der Waals surface area contributed by atoms with Crippen LogP contribution in [-0.4, -0.2) is 33.3 Å². The minimum atomic E-state index is -0.882. The van der Waals surface area contributed by atoms with Gasteiger partial charge in [0.15, 0.2) is 0 Å². The molecule has 2 aromatic carbocycles. The van der Waals surface area contributed by atoms with E-state index in [1.165, 1.54) is 29.2 Å². The Balaban J connectivity index is 1.79. The van der Waals surface area contributed by atoms with Crippen molar-refractivity contribution >= 4 is 17.4 Å². The number of aromatic nitrogens is 1. The molecule has 4 rings (SSSR count). The summed E-state index contributed by atoms with van der Waals surface area (Å²) >= 11 is 0. The van der Waals surface area contributed by atoms with Crippen LogP contribution in [0.15, 0.2) is 72.6 Å². The van der Waals surface area contributed by atoms with Gasteiger partial charge in [0.2, 0.25) is 0 Å². The Labute approximate surface area is 203 Å². The van der Waals surface area contributed by atoms with Gasteiger partial charge >= 0.3 is 0 Å². The number of carbonyl (C=O) groups is 2. The molecule has 0 radical (unpaired) electrons.